The quantitative estimate of drug-likeness (QED) is 0.185. The van der Waals surface area contributed by atoms with Crippen molar-refractivity contribution in [2.24, 2.45) is 0 Å². The second-order valence-electron chi connectivity index (χ2n) is 8.30. The highest BCUT2D eigenvalue weighted by molar-refractivity contribution is 5.66. The Bertz CT molecular complexity index is 342. The molecule has 0 spiro atoms. The van der Waals surface area contributed by atoms with Gasteiger partial charge in [-0.3, -0.25) is 9.59 Å². The van der Waals surface area contributed by atoms with Crippen LogP contribution in [0.5, 0.6) is 0 Å². The Kier molecular flexibility index (Phi) is 28.0. The summed E-state index contributed by atoms with van der Waals surface area (Å²) in [4.78, 5) is 20.3. The molecule has 0 aromatic heterocycles. The fourth-order valence-electron chi connectivity index (χ4n) is 3.35. The average molecular weight is 415 g/mol. The molecule has 0 bridgehead atoms. The standard InChI is InChI=1S/C18H36O2.C7H14O2/c1-2-3-4-5-6-7-8-9-10-11-12-13-14-15-16-17-18(19)20;1-2-3-4-5-6-7(8)9/h2-17H2,1H3,(H,19,20);2-6H2,1H3,(H,8,9). The van der Waals surface area contributed by atoms with E-state index in [0.717, 1.165) is 32.1 Å². The lowest BCUT2D eigenvalue weighted by atomic mass is 10.0. The fourth-order valence-corrected chi connectivity index (χ4v) is 3.35. The number of carboxylic acids is 2. The summed E-state index contributed by atoms with van der Waals surface area (Å²) >= 11 is 0. The highest BCUT2D eigenvalue weighted by Gasteiger charge is 1.97. The van der Waals surface area contributed by atoms with E-state index in [2.05, 4.69) is 13.8 Å². The van der Waals surface area contributed by atoms with Crippen LogP contribution in [-0.4, -0.2) is 22.2 Å². The molecule has 2 N–H and O–H groups in total. The predicted molar refractivity (Wildman–Crippen MR) is 124 cm³/mol. The van der Waals surface area contributed by atoms with Crippen LogP contribution < -0.4 is 0 Å². The van der Waals surface area contributed by atoms with E-state index in [-0.39, 0.29) is 0 Å². The van der Waals surface area contributed by atoms with E-state index in [1.807, 2.05) is 0 Å². The average Bonchev–Trinajstić information content (AvgIpc) is 2.68. The van der Waals surface area contributed by atoms with E-state index < -0.39 is 11.9 Å². The molecule has 0 fully saturated rings. The minimum Gasteiger partial charge on any atom is -0.481 e. The molecular weight excluding hydrogens is 364 g/mol. The Morgan fingerprint density at radius 2 is 0.621 bits per heavy atom. The number of unbranched alkanes of at least 4 members (excludes halogenated alkanes) is 17. The smallest absolute Gasteiger partial charge is 0.303 e. The van der Waals surface area contributed by atoms with E-state index in [1.165, 1.54) is 89.9 Å². The summed E-state index contributed by atoms with van der Waals surface area (Å²) in [6, 6.07) is 0. The number of aliphatic carboxylic acids is 2. The second kappa shape index (κ2) is 26.9. The Morgan fingerprint density at radius 1 is 0.414 bits per heavy atom. The topological polar surface area (TPSA) is 74.6 Å². The van der Waals surface area contributed by atoms with Gasteiger partial charge < -0.3 is 10.2 Å². The van der Waals surface area contributed by atoms with Gasteiger partial charge in [-0.2, -0.15) is 0 Å². The SMILES string of the molecule is CCCCCCC(=O)O.CCCCCCCCCCCCCCCCCC(=O)O. The molecule has 29 heavy (non-hydrogen) atoms. The molecule has 0 saturated carbocycles. The number of rotatable bonds is 21. The first-order chi connectivity index (χ1) is 14.0. The van der Waals surface area contributed by atoms with Gasteiger partial charge in [0.05, 0.1) is 0 Å². The van der Waals surface area contributed by atoms with Gasteiger partial charge in [0.2, 0.25) is 0 Å². The Hall–Kier alpha value is -1.06. The Balaban J connectivity index is 0. The molecule has 0 saturated heterocycles. The molecule has 0 aliphatic heterocycles. The van der Waals surface area contributed by atoms with E-state index in [9.17, 15) is 9.59 Å². The zero-order valence-corrected chi connectivity index (χ0v) is 19.6. The van der Waals surface area contributed by atoms with E-state index in [0.29, 0.717) is 12.8 Å². The van der Waals surface area contributed by atoms with Gasteiger partial charge in [-0.25, -0.2) is 0 Å². The van der Waals surface area contributed by atoms with Crippen molar-refractivity contribution in [1.29, 1.82) is 0 Å². The lowest BCUT2D eigenvalue weighted by molar-refractivity contribution is -0.138. The summed E-state index contributed by atoms with van der Waals surface area (Å²) in [5.41, 5.74) is 0. The molecule has 0 amide bonds. The first kappa shape index (κ1) is 30.1. The van der Waals surface area contributed by atoms with Crippen molar-refractivity contribution < 1.29 is 19.8 Å². The fraction of sp³-hybridized carbons (Fsp3) is 0.920. The van der Waals surface area contributed by atoms with Gasteiger partial charge in [-0.15, -0.1) is 0 Å². The molecule has 0 heterocycles. The van der Waals surface area contributed by atoms with Gasteiger partial charge in [-0.05, 0) is 12.8 Å². The van der Waals surface area contributed by atoms with Crippen LogP contribution in [0.4, 0.5) is 0 Å². The number of carbonyl (C=O) groups is 2. The largest absolute Gasteiger partial charge is 0.481 e. The number of carboxylic acid groups (broad SMARTS) is 2. The van der Waals surface area contributed by atoms with Gasteiger partial charge in [0, 0.05) is 12.8 Å². The van der Waals surface area contributed by atoms with Crippen LogP contribution in [0.2, 0.25) is 0 Å². The molecule has 174 valence electrons. The van der Waals surface area contributed by atoms with Crippen LogP contribution in [-0.2, 0) is 9.59 Å². The maximum absolute atomic E-state index is 10.3. The van der Waals surface area contributed by atoms with Crippen molar-refractivity contribution in [2.45, 2.75) is 149 Å². The zero-order valence-electron chi connectivity index (χ0n) is 19.6. The third-order valence-electron chi connectivity index (χ3n) is 5.24. The van der Waals surface area contributed by atoms with Gasteiger partial charge in [0.15, 0.2) is 0 Å². The van der Waals surface area contributed by atoms with E-state index in [4.69, 9.17) is 10.2 Å². The molecule has 0 unspecified atom stereocenters. The van der Waals surface area contributed by atoms with Gasteiger partial charge in [0.1, 0.15) is 0 Å². The lowest BCUT2D eigenvalue weighted by Gasteiger charge is -2.03. The second-order valence-corrected chi connectivity index (χ2v) is 8.30. The zero-order chi connectivity index (χ0) is 22.0. The minimum absolute atomic E-state index is 0.333. The van der Waals surface area contributed by atoms with Gasteiger partial charge in [0.25, 0.3) is 0 Å². The number of hydrogen-bond donors (Lipinski definition) is 2. The van der Waals surface area contributed by atoms with Crippen LogP contribution in [0, 0.1) is 0 Å². The third kappa shape index (κ3) is 34.8. The van der Waals surface area contributed by atoms with Crippen molar-refractivity contribution in [3.63, 3.8) is 0 Å². The summed E-state index contributed by atoms with van der Waals surface area (Å²) in [6.07, 6.45) is 24.8. The van der Waals surface area contributed by atoms with Crippen molar-refractivity contribution in [3.8, 4) is 0 Å². The number of hydrogen-bond acceptors (Lipinski definition) is 2. The predicted octanol–water partition coefficient (Wildman–Crippen LogP) is 8.37. The summed E-state index contributed by atoms with van der Waals surface area (Å²) in [5.74, 6) is -1.33. The maximum atomic E-state index is 10.3. The normalized spacial score (nSPS) is 10.4. The Labute approximate surface area is 180 Å². The molecule has 0 aromatic carbocycles. The van der Waals surface area contributed by atoms with Crippen molar-refractivity contribution >= 4 is 11.9 Å². The summed E-state index contributed by atoms with van der Waals surface area (Å²) in [7, 11) is 0. The summed E-state index contributed by atoms with van der Waals surface area (Å²) in [6.45, 7) is 4.38. The molecule has 4 heteroatoms. The highest BCUT2D eigenvalue weighted by atomic mass is 16.4. The van der Waals surface area contributed by atoms with Crippen molar-refractivity contribution in [1.82, 2.24) is 0 Å². The van der Waals surface area contributed by atoms with Crippen LogP contribution in [0.25, 0.3) is 0 Å². The molecular formula is C25H50O4. The minimum atomic E-state index is -0.675. The molecule has 0 aliphatic carbocycles. The van der Waals surface area contributed by atoms with Crippen molar-refractivity contribution in [2.75, 3.05) is 0 Å². The van der Waals surface area contributed by atoms with Crippen LogP contribution >= 0.6 is 0 Å². The summed E-state index contributed by atoms with van der Waals surface area (Å²) < 4.78 is 0. The van der Waals surface area contributed by atoms with Crippen LogP contribution in [0.3, 0.4) is 0 Å². The van der Waals surface area contributed by atoms with E-state index in [1.54, 1.807) is 0 Å². The van der Waals surface area contributed by atoms with Crippen LogP contribution in [0.15, 0.2) is 0 Å². The first-order valence-corrected chi connectivity index (χ1v) is 12.5. The molecule has 0 aromatic rings. The van der Waals surface area contributed by atoms with Gasteiger partial charge >= 0.3 is 11.9 Å². The first-order valence-electron chi connectivity index (χ1n) is 12.5. The molecule has 0 aliphatic rings. The van der Waals surface area contributed by atoms with Crippen molar-refractivity contribution in [3.05, 3.63) is 0 Å². The maximum Gasteiger partial charge on any atom is 0.303 e. The third-order valence-corrected chi connectivity index (χ3v) is 5.24. The molecule has 0 rings (SSSR count). The van der Waals surface area contributed by atoms with Gasteiger partial charge in [-0.1, -0.05) is 123 Å². The Morgan fingerprint density at radius 3 is 0.862 bits per heavy atom. The van der Waals surface area contributed by atoms with E-state index >= 15 is 0 Å². The highest BCUT2D eigenvalue weighted by Crippen LogP contribution is 2.13. The molecule has 0 atom stereocenters. The summed E-state index contributed by atoms with van der Waals surface area (Å²) in [5, 5.41) is 16.7. The van der Waals surface area contributed by atoms with Crippen LogP contribution in [0.1, 0.15) is 149 Å². The molecule has 0 radical (unpaired) electrons. The molecule has 4 nitrogen and oxygen atoms in total. The monoisotopic (exact) mass is 414 g/mol. The lowest BCUT2D eigenvalue weighted by Crippen LogP contribution is -1.93.